The van der Waals surface area contributed by atoms with Gasteiger partial charge in [0.2, 0.25) is 0 Å². The van der Waals surface area contributed by atoms with Crippen molar-refractivity contribution >= 4 is 0 Å². The molecule has 1 aliphatic rings. The van der Waals surface area contributed by atoms with Crippen molar-refractivity contribution in [2.45, 2.75) is 32.1 Å². The van der Waals surface area contributed by atoms with E-state index in [1.54, 1.807) is 0 Å². The molecule has 1 aromatic heterocycles. The van der Waals surface area contributed by atoms with Crippen LogP contribution < -0.4 is 10.9 Å². The van der Waals surface area contributed by atoms with Crippen LogP contribution in [0.4, 0.5) is 0 Å². The topological polar surface area (TPSA) is 57.8 Å². The zero-order valence-corrected chi connectivity index (χ0v) is 9.10. The van der Waals surface area contributed by atoms with Crippen LogP contribution >= 0.6 is 0 Å². The van der Waals surface area contributed by atoms with Crippen LogP contribution in [-0.4, -0.2) is 23.6 Å². The van der Waals surface area contributed by atoms with Gasteiger partial charge in [0, 0.05) is 18.5 Å². The summed E-state index contributed by atoms with van der Waals surface area (Å²) in [5, 5.41) is 3.05. The number of nitrogens with zero attached hydrogens (tertiary/aromatic N) is 1. The summed E-state index contributed by atoms with van der Waals surface area (Å²) in [7, 11) is 1.90. The van der Waals surface area contributed by atoms with Gasteiger partial charge in [-0.2, -0.15) is 0 Å². The van der Waals surface area contributed by atoms with Gasteiger partial charge in [0.25, 0.3) is 5.56 Å². The average Bonchev–Trinajstić information content (AvgIpc) is 2.26. The van der Waals surface area contributed by atoms with Gasteiger partial charge in [-0.15, -0.1) is 0 Å². The fourth-order valence-electron chi connectivity index (χ4n) is 2.02. The van der Waals surface area contributed by atoms with Crippen LogP contribution in [0.3, 0.4) is 0 Å². The minimum atomic E-state index is 0.0748. The molecule has 0 fully saturated rings. The van der Waals surface area contributed by atoms with Crippen molar-refractivity contribution in [3.05, 3.63) is 27.4 Å². The largest absolute Gasteiger partial charge is 0.319 e. The third kappa shape index (κ3) is 2.26. The number of hydrogen-bond acceptors (Lipinski definition) is 3. The standard InChI is InChI=1S/C11H17N3O/c1-12-7-6-10-13-9-5-3-2-4-8(9)11(15)14-10/h12H,2-7H2,1H3,(H,13,14,15). The lowest BCUT2D eigenvalue weighted by molar-refractivity contribution is 0.641. The first kappa shape index (κ1) is 10.4. The predicted molar refractivity (Wildman–Crippen MR) is 59.1 cm³/mol. The molecular weight excluding hydrogens is 190 g/mol. The minimum Gasteiger partial charge on any atom is -0.319 e. The first-order valence-electron chi connectivity index (χ1n) is 5.57. The van der Waals surface area contributed by atoms with Gasteiger partial charge < -0.3 is 10.3 Å². The van der Waals surface area contributed by atoms with Crippen LogP contribution in [-0.2, 0) is 19.3 Å². The van der Waals surface area contributed by atoms with E-state index in [0.29, 0.717) is 0 Å². The summed E-state index contributed by atoms with van der Waals surface area (Å²) < 4.78 is 0. The number of H-pyrrole nitrogens is 1. The maximum Gasteiger partial charge on any atom is 0.254 e. The van der Waals surface area contributed by atoms with Gasteiger partial charge >= 0.3 is 0 Å². The molecule has 1 aliphatic carbocycles. The van der Waals surface area contributed by atoms with E-state index in [0.717, 1.165) is 55.7 Å². The Balaban J connectivity index is 2.28. The molecule has 2 rings (SSSR count). The Labute approximate surface area is 89.1 Å². The van der Waals surface area contributed by atoms with Gasteiger partial charge in [0.15, 0.2) is 0 Å². The molecule has 1 heterocycles. The Morgan fingerprint density at radius 3 is 3.00 bits per heavy atom. The Morgan fingerprint density at radius 2 is 2.20 bits per heavy atom. The average molecular weight is 207 g/mol. The second kappa shape index (κ2) is 4.57. The Kier molecular flexibility index (Phi) is 3.16. The van der Waals surface area contributed by atoms with E-state index in [1.165, 1.54) is 0 Å². The van der Waals surface area contributed by atoms with Crippen molar-refractivity contribution in [3.8, 4) is 0 Å². The van der Waals surface area contributed by atoms with E-state index >= 15 is 0 Å². The van der Waals surface area contributed by atoms with Crippen molar-refractivity contribution in [2.24, 2.45) is 0 Å². The van der Waals surface area contributed by atoms with Crippen molar-refractivity contribution in [1.82, 2.24) is 15.3 Å². The van der Waals surface area contributed by atoms with Crippen molar-refractivity contribution in [1.29, 1.82) is 0 Å². The number of likely N-dealkylation sites (N-methyl/N-ethyl adjacent to an activating group) is 1. The molecule has 2 N–H and O–H groups in total. The highest BCUT2D eigenvalue weighted by molar-refractivity contribution is 5.20. The highest BCUT2D eigenvalue weighted by atomic mass is 16.1. The van der Waals surface area contributed by atoms with Crippen molar-refractivity contribution < 1.29 is 0 Å². The van der Waals surface area contributed by atoms with E-state index in [4.69, 9.17) is 0 Å². The van der Waals surface area contributed by atoms with Crippen LogP contribution in [0, 0.1) is 0 Å². The second-order valence-electron chi connectivity index (χ2n) is 4.00. The minimum absolute atomic E-state index is 0.0748. The second-order valence-corrected chi connectivity index (χ2v) is 4.00. The first-order valence-corrected chi connectivity index (χ1v) is 5.57. The molecule has 0 unspecified atom stereocenters. The lowest BCUT2D eigenvalue weighted by Gasteiger charge is -2.14. The smallest absolute Gasteiger partial charge is 0.254 e. The van der Waals surface area contributed by atoms with Gasteiger partial charge in [0.1, 0.15) is 5.82 Å². The SMILES string of the molecule is CNCCc1nc2c(c(=O)[nH]1)CCCC2. The van der Waals surface area contributed by atoms with E-state index in [-0.39, 0.29) is 5.56 Å². The summed E-state index contributed by atoms with van der Waals surface area (Å²) in [5.74, 6) is 0.815. The molecule has 0 bridgehead atoms. The molecule has 0 atom stereocenters. The van der Waals surface area contributed by atoms with Crippen LogP contribution in [0.25, 0.3) is 0 Å². The van der Waals surface area contributed by atoms with Crippen LogP contribution in [0.2, 0.25) is 0 Å². The van der Waals surface area contributed by atoms with Crippen LogP contribution in [0.15, 0.2) is 4.79 Å². The zero-order valence-electron chi connectivity index (χ0n) is 9.10. The summed E-state index contributed by atoms with van der Waals surface area (Å²) in [5.41, 5.74) is 2.01. The fraction of sp³-hybridized carbons (Fsp3) is 0.636. The quantitative estimate of drug-likeness (QED) is 0.754. The monoisotopic (exact) mass is 207 g/mol. The molecule has 15 heavy (non-hydrogen) atoms. The number of aromatic nitrogens is 2. The molecule has 82 valence electrons. The highest BCUT2D eigenvalue weighted by Gasteiger charge is 2.14. The normalized spacial score (nSPS) is 15.0. The van der Waals surface area contributed by atoms with Crippen LogP contribution in [0.1, 0.15) is 29.9 Å². The number of nitrogens with one attached hydrogen (secondary N) is 2. The third-order valence-corrected chi connectivity index (χ3v) is 2.85. The third-order valence-electron chi connectivity index (χ3n) is 2.85. The maximum atomic E-state index is 11.7. The van der Waals surface area contributed by atoms with E-state index in [1.807, 2.05) is 7.05 Å². The molecule has 0 aliphatic heterocycles. The van der Waals surface area contributed by atoms with E-state index in [9.17, 15) is 4.79 Å². The fourth-order valence-corrected chi connectivity index (χ4v) is 2.02. The summed E-state index contributed by atoms with van der Waals surface area (Å²) in [6.45, 7) is 0.849. The summed E-state index contributed by atoms with van der Waals surface area (Å²) >= 11 is 0. The molecular formula is C11H17N3O. The highest BCUT2D eigenvalue weighted by Crippen LogP contribution is 2.15. The number of fused-ring (bicyclic) bond motifs is 1. The Bertz CT molecular complexity index is 397. The predicted octanol–water partition coefficient (Wildman–Crippen LogP) is 0.411. The number of aryl methyl sites for hydroxylation is 1. The van der Waals surface area contributed by atoms with Gasteiger partial charge in [-0.3, -0.25) is 4.79 Å². The molecule has 4 heteroatoms. The lowest BCUT2D eigenvalue weighted by atomic mass is 9.97. The van der Waals surface area contributed by atoms with Gasteiger partial charge in [-0.05, 0) is 32.7 Å². The zero-order chi connectivity index (χ0) is 10.7. The molecule has 1 aromatic rings. The Morgan fingerprint density at radius 1 is 1.40 bits per heavy atom. The van der Waals surface area contributed by atoms with E-state index in [2.05, 4.69) is 15.3 Å². The summed E-state index contributed by atoms with van der Waals surface area (Å²) in [6.07, 6.45) is 4.93. The first-order chi connectivity index (χ1) is 7.31. The number of rotatable bonds is 3. The molecule has 0 amide bonds. The Hall–Kier alpha value is -1.16. The van der Waals surface area contributed by atoms with Crippen molar-refractivity contribution in [2.75, 3.05) is 13.6 Å². The van der Waals surface area contributed by atoms with Gasteiger partial charge in [-0.25, -0.2) is 4.98 Å². The maximum absolute atomic E-state index is 11.7. The molecule has 0 aromatic carbocycles. The van der Waals surface area contributed by atoms with E-state index < -0.39 is 0 Å². The van der Waals surface area contributed by atoms with Gasteiger partial charge in [-0.1, -0.05) is 0 Å². The van der Waals surface area contributed by atoms with Gasteiger partial charge in [0.05, 0.1) is 5.69 Å². The van der Waals surface area contributed by atoms with Crippen LogP contribution in [0.5, 0.6) is 0 Å². The summed E-state index contributed by atoms with van der Waals surface area (Å²) in [4.78, 5) is 19.1. The molecule has 0 radical (unpaired) electrons. The molecule has 0 spiro atoms. The molecule has 0 saturated heterocycles. The molecule has 4 nitrogen and oxygen atoms in total. The number of hydrogen-bond donors (Lipinski definition) is 2. The van der Waals surface area contributed by atoms with Crippen molar-refractivity contribution in [3.63, 3.8) is 0 Å². The molecule has 0 saturated carbocycles. The lowest BCUT2D eigenvalue weighted by Crippen LogP contribution is -2.24. The summed E-state index contributed by atoms with van der Waals surface area (Å²) in [6, 6.07) is 0. The number of aromatic amines is 1.